The summed E-state index contributed by atoms with van der Waals surface area (Å²) in [6.07, 6.45) is 0. The van der Waals surface area contributed by atoms with Crippen LogP contribution in [0.3, 0.4) is 0 Å². The Balaban J connectivity index is 2.05. The number of likely N-dealkylation sites (N-methyl/N-ethyl adjacent to an activating group) is 1. The minimum absolute atomic E-state index is 0.0431. The fraction of sp³-hybridized carbons (Fsp3) is 0.409. The van der Waals surface area contributed by atoms with Gasteiger partial charge in [-0.15, -0.1) is 0 Å². The van der Waals surface area contributed by atoms with E-state index in [9.17, 15) is 9.50 Å². The Kier molecular flexibility index (Phi) is 8.91. The third-order valence-electron chi connectivity index (χ3n) is 4.65. The molecule has 0 aliphatic carbocycles. The van der Waals surface area contributed by atoms with Crippen molar-refractivity contribution < 1.29 is 9.50 Å². The Bertz CT molecular complexity index is 719. The molecule has 2 atom stereocenters. The molecule has 5 nitrogen and oxygen atoms in total. The third-order valence-corrected chi connectivity index (χ3v) is 4.65. The number of nitrogens with one attached hydrogen (secondary N) is 2. The van der Waals surface area contributed by atoms with Gasteiger partial charge in [0.25, 0.3) is 0 Å². The van der Waals surface area contributed by atoms with Crippen LogP contribution in [-0.4, -0.2) is 56.3 Å². The second kappa shape index (κ2) is 11.4. The van der Waals surface area contributed by atoms with E-state index in [1.54, 1.807) is 0 Å². The summed E-state index contributed by atoms with van der Waals surface area (Å²) in [6.45, 7) is 3.91. The summed E-state index contributed by atoms with van der Waals surface area (Å²) in [7, 11) is 3.99. The molecule has 6 heteroatoms. The normalized spacial score (nSPS) is 14.0. The summed E-state index contributed by atoms with van der Waals surface area (Å²) in [5, 5.41) is 16.4. The number of rotatable bonds is 9. The predicted octanol–water partition coefficient (Wildman–Crippen LogP) is 2.76. The van der Waals surface area contributed by atoms with E-state index >= 15 is 0 Å². The molecule has 0 spiro atoms. The maximum Gasteiger partial charge on any atom is 0.191 e. The SMILES string of the molecule is CCNC(=NCC(CO)c1ccccc1)NCC(c1ccc(F)cc1)N(C)C. The van der Waals surface area contributed by atoms with Gasteiger partial charge in [0.2, 0.25) is 0 Å². The van der Waals surface area contributed by atoms with Gasteiger partial charge in [-0.2, -0.15) is 0 Å². The highest BCUT2D eigenvalue weighted by Gasteiger charge is 2.15. The standard InChI is InChI=1S/C22H31FN4O/c1-4-24-22(25-14-19(16-28)17-8-6-5-7-9-17)26-15-21(27(2)3)18-10-12-20(23)13-11-18/h5-13,19,21,28H,4,14-16H2,1-3H3,(H2,24,25,26). The first-order valence-electron chi connectivity index (χ1n) is 9.65. The summed E-state index contributed by atoms with van der Waals surface area (Å²) >= 11 is 0. The summed E-state index contributed by atoms with van der Waals surface area (Å²) in [5.41, 5.74) is 2.11. The highest BCUT2D eigenvalue weighted by Crippen LogP contribution is 2.18. The molecule has 0 saturated heterocycles. The first kappa shape index (κ1) is 21.9. The largest absolute Gasteiger partial charge is 0.396 e. The number of benzene rings is 2. The van der Waals surface area contributed by atoms with Gasteiger partial charge < -0.3 is 20.6 Å². The van der Waals surface area contributed by atoms with Crippen LogP contribution in [0, 0.1) is 5.82 Å². The van der Waals surface area contributed by atoms with Crippen molar-refractivity contribution in [3.8, 4) is 0 Å². The molecule has 152 valence electrons. The minimum Gasteiger partial charge on any atom is -0.396 e. The van der Waals surface area contributed by atoms with Crippen molar-refractivity contribution in [3.05, 3.63) is 71.5 Å². The fourth-order valence-electron chi connectivity index (χ4n) is 3.01. The van der Waals surface area contributed by atoms with Crippen LogP contribution in [0.25, 0.3) is 0 Å². The number of hydrogen-bond acceptors (Lipinski definition) is 3. The number of aliphatic imine (C=N–C) groups is 1. The van der Waals surface area contributed by atoms with Crippen LogP contribution in [0.5, 0.6) is 0 Å². The average molecular weight is 387 g/mol. The molecule has 2 unspecified atom stereocenters. The van der Waals surface area contributed by atoms with Gasteiger partial charge in [-0.1, -0.05) is 42.5 Å². The second-order valence-electron chi connectivity index (χ2n) is 6.92. The van der Waals surface area contributed by atoms with E-state index < -0.39 is 0 Å². The first-order chi connectivity index (χ1) is 13.5. The highest BCUT2D eigenvalue weighted by molar-refractivity contribution is 5.79. The molecule has 0 aliphatic rings. The molecule has 0 aromatic heterocycles. The Hall–Kier alpha value is -2.44. The zero-order valence-corrected chi connectivity index (χ0v) is 16.9. The molecule has 2 rings (SSSR count). The molecule has 2 aromatic rings. The molecule has 2 aromatic carbocycles. The van der Waals surface area contributed by atoms with Crippen LogP contribution in [0.2, 0.25) is 0 Å². The molecule has 0 aliphatic heterocycles. The lowest BCUT2D eigenvalue weighted by Crippen LogP contribution is -2.42. The number of guanidine groups is 1. The molecular formula is C22H31FN4O. The second-order valence-corrected chi connectivity index (χ2v) is 6.92. The third kappa shape index (κ3) is 6.62. The number of halogens is 1. The van der Waals surface area contributed by atoms with Crippen molar-refractivity contribution >= 4 is 5.96 Å². The lowest BCUT2D eigenvalue weighted by molar-refractivity contribution is 0.268. The van der Waals surface area contributed by atoms with Crippen LogP contribution in [0.4, 0.5) is 4.39 Å². The van der Waals surface area contributed by atoms with Gasteiger partial charge >= 0.3 is 0 Å². The Morgan fingerprint density at radius 1 is 1.04 bits per heavy atom. The van der Waals surface area contributed by atoms with Gasteiger partial charge in [0.15, 0.2) is 5.96 Å². The Morgan fingerprint density at radius 2 is 1.71 bits per heavy atom. The fourth-order valence-corrected chi connectivity index (χ4v) is 3.01. The first-order valence-corrected chi connectivity index (χ1v) is 9.65. The summed E-state index contributed by atoms with van der Waals surface area (Å²) in [6, 6.07) is 16.6. The zero-order chi connectivity index (χ0) is 20.4. The van der Waals surface area contributed by atoms with Crippen LogP contribution in [0.1, 0.15) is 30.0 Å². The predicted molar refractivity (Wildman–Crippen MR) is 113 cm³/mol. The van der Waals surface area contributed by atoms with E-state index in [1.807, 2.05) is 63.5 Å². The van der Waals surface area contributed by atoms with Gasteiger partial charge in [-0.05, 0) is 44.3 Å². The smallest absolute Gasteiger partial charge is 0.191 e. The molecule has 0 saturated carbocycles. The van der Waals surface area contributed by atoms with Gasteiger partial charge in [-0.3, -0.25) is 4.99 Å². The maximum atomic E-state index is 13.2. The molecule has 0 amide bonds. The van der Waals surface area contributed by atoms with Crippen molar-refractivity contribution in [2.45, 2.75) is 18.9 Å². The van der Waals surface area contributed by atoms with Crippen molar-refractivity contribution in [2.75, 3.05) is 40.3 Å². The molecule has 0 radical (unpaired) electrons. The minimum atomic E-state index is -0.236. The Labute approximate surface area is 167 Å². The molecule has 0 fully saturated rings. The number of aliphatic hydroxyl groups is 1. The summed E-state index contributed by atoms with van der Waals surface area (Å²) in [4.78, 5) is 6.74. The van der Waals surface area contributed by atoms with Crippen LogP contribution < -0.4 is 10.6 Å². The van der Waals surface area contributed by atoms with E-state index in [0.29, 0.717) is 19.0 Å². The summed E-state index contributed by atoms with van der Waals surface area (Å²) < 4.78 is 13.2. The van der Waals surface area contributed by atoms with Gasteiger partial charge in [0.05, 0.1) is 19.2 Å². The van der Waals surface area contributed by atoms with Gasteiger partial charge in [-0.25, -0.2) is 4.39 Å². The van der Waals surface area contributed by atoms with Crippen LogP contribution in [-0.2, 0) is 0 Å². The van der Waals surface area contributed by atoms with Crippen molar-refractivity contribution in [1.29, 1.82) is 0 Å². The van der Waals surface area contributed by atoms with E-state index in [1.165, 1.54) is 12.1 Å². The van der Waals surface area contributed by atoms with E-state index in [2.05, 4.69) is 20.5 Å². The lowest BCUT2D eigenvalue weighted by atomic mass is 10.0. The molecule has 3 N–H and O–H groups in total. The van der Waals surface area contributed by atoms with Crippen molar-refractivity contribution in [2.24, 2.45) is 4.99 Å². The molecular weight excluding hydrogens is 355 g/mol. The molecule has 28 heavy (non-hydrogen) atoms. The van der Waals surface area contributed by atoms with Crippen molar-refractivity contribution in [1.82, 2.24) is 15.5 Å². The van der Waals surface area contributed by atoms with Crippen LogP contribution >= 0.6 is 0 Å². The van der Waals surface area contributed by atoms with E-state index in [0.717, 1.165) is 17.7 Å². The average Bonchev–Trinajstić information content (AvgIpc) is 2.70. The molecule has 0 bridgehead atoms. The zero-order valence-electron chi connectivity index (χ0n) is 16.9. The highest BCUT2D eigenvalue weighted by atomic mass is 19.1. The number of nitrogens with zero attached hydrogens (tertiary/aromatic N) is 2. The number of aliphatic hydroxyl groups excluding tert-OH is 1. The quantitative estimate of drug-likeness (QED) is 0.458. The Morgan fingerprint density at radius 3 is 2.29 bits per heavy atom. The lowest BCUT2D eigenvalue weighted by Gasteiger charge is -2.26. The monoisotopic (exact) mass is 386 g/mol. The van der Waals surface area contributed by atoms with Crippen molar-refractivity contribution in [3.63, 3.8) is 0 Å². The maximum absolute atomic E-state index is 13.2. The molecule has 0 heterocycles. The van der Waals surface area contributed by atoms with Gasteiger partial charge in [0.1, 0.15) is 5.82 Å². The van der Waals surface area contributed by atoms with Gasteiger partial charge in [0, 0.05) is 19.0 Å². The van der Waals surface area contributed by atoms with E-state index in [-0.39, 0.29) is 24.4 Å². The van der Waals surface area contributed by atoms with E-state index in [4.69, 9.17) is 0 Å². The number of hydrogen-bond donors (Lipinski definition) is 3. The van der Waals surface area contributed by atoms with Crippen LogP contribution in [0.15, 0.2) is 59.6 Å². The topological polar surface area (TPSA) is 59.9 Å². The summed E-state index contributed by atoms with van der Waals surface area (Å²) in [5.74, 6) is 0.421.